The number of morpholine rings is 1. The second kappa shape index (κ2) is 6.33. The number of nitrogens with zero attached hydrogens (tertiary/aromatic N) is 1. The number of hydrogen-bond acceptors (Lipinski definition) is 4. The van der Waals surface area contributed by atoms with E-state index in [2.05, 4.69) is 17.1 Å². The Balaban J connectivity index is 1.67. The summed E-state index contributed by atoms with van der Waals surface area (Å²) in [6.07, 6.45) is 1.64. The monoisotopic (exact) mass is 242 g/mol. The molecule has 1 N–H and O–H groups in total. The lowest BCUT2D eigenvalue weighted by Crippen LogP contribution is -2.48. The zero-order valence-corrected chi connectivity index (χ0v) is 10.5. The van der Waals surface area contributed by atoms with Crippen LogP contribution in [0, 0.1) is 0 Å². The molecule has 17 heavy (non-hydrogen) atoms. The van der Waals surface area contributed by atoms with Crippen LogP contribution in [0.1, 0.15) is 19.8 Å². The lowest BCUT2D eigenvalue weighted by atomic mass is 10.2. The van der Waals surface area contributed by atoms with Crippen molar-refractivity contribution < 1.29 is 14.3 Å². The molecule has 0 aromatic rings. The molecule has 2 aliphatic heterocycles. The third-order valence-electron chi connectivity index (χ3n) is 3.46. The Morgan fingerprint density at radius 2 is 2.18 bits per heavy atom. The average Bonchev–Trinajstić information content (AvgIpc) is 2.90. The molecule has 0 aromatic heterocycles. The average molecular weight is 242 g/mol. The molecule has 0 aromatic carbocycles. The Hall–Kier alpha value is -0.650. The van der Waals surface area contributed by atoms with E-state index in [-0.39, 0.29) is 12.0 Å². The van der Waals surface area contributed by atoms with Crippen LogP contribution in [0.4, 0.5) is 0 Å². The van der Waals surface area contributed by atoms with Gasteiger partial charge in [0.05, 0.1) is 13.2 Å². The number of carbonyl (C=O) groups excluding carboxylic acids is 1. The van der Waals surface area contributed by atoms with Crippen molar-refractivity contribution in [2.24, 2.45) is 0 Å². The molecule has 98 valence electrons. The first kappa shape index (κ1) is 12.8. The number of amides is 1. The van der Waals surface area contributed by atoms with Gasteiger partial charge in [0.2, 0.25) is 5.91 Å². The first-order valence-electron chi connectivity index (χ1n) is 6.48. The second-order valence-corrected chi connectivity index (χ2v) is 4.74. The third kappa shape index (κ3) is 3.66. The van der Waals surface area contributed by atoms with Crippen LogP contribution in [0.25, 0.3) is 0 Å². The van der Waals surface area contributed by atoms with Crippen molar-refractivity contribution in [3.63, 3.8) is 0 Å². The highest BCUT2D eigenvalue weighted by molar-refractivity contribution is 5.80. The lowest BCUT2D eigenvalue weighted by molar-refractivity contribution is -0.130. The Bertz CT molecular complexity index is 248. The fourth-order valence-corrected chi connectivity index (χ4v) is 2.29. The summed E-state index contributed by atoms with van der Waals surface area (Å²) in [5.74, 6) is 0.0441. The molecule has 0 saturated carbocycles. The van der Waals surface area contributed by atoms with Gasteiger partial charge in [-0.2, -0.15) is 0 Å². The maximum Gasteiger partial charge on any atom is 0.249 e. The first-order valence-corrected chi connectivity index (χ1v) is 6.48. The quantitative estimate of drug-likeness (QED) is 0.754. The summed E-state index contributed by atoms with van der Waals surface area (Å²) in [5, 5.41) is 2.98. The maximum absolute atomic E-state index is 11.8. The number of hydrogen-bond donors (Lipinski definition) is 1. The fourth-order valence-electron chi connectivity index (χ4n) is 2.29. The van der Waals surface area contributed by atoms with Gasteiger partial charge in [-0.05, 0) is 19.8 Å². The van der Waals surface area contributed by atoms with Gasteiger partial charge in [0.15, 0.2) is 0 Å². The fraction of sp³-hybridized carbons (Fsp3) is 0.917. The van der Waals surface area contributed by atoms with Crippen molar-refractivity contribution in [1.29, 1.82) is 0 Å². The van der Waals surface area contributed by atoms with Crippen molar-refractivity contribution in [1.82, 2.24) is 10.2 Å². The van der Waals surface area contributed by atoms with Crippen molar-refractivity contribution in [2.45, 2.75) is 31.9 Å². The van der Waals surface area contributed by atoms with Gasteiger partial charge in [0, 0.05) is 32.3 Å². The Morgan fingerprint density at radius 1 is 1.41 bits per heavy atom. The lowest BCUT2D eigenvalue weighted by Gasteiger charge is -2.32. The van der Waals surface area contributed by atoms with Crippen LogP contribution in [-0.2, 0) is 14.3 Å². The summed E-state index contributed by atoms with van der Waals surface area (Å²) < 4.78 is 10.7. The molecule has 2 aliphatic rings. The minimum absolute atomic E-state index is 0.0441. The largest absolute Gasteiger partial charge is 0.379 e. The summed E-state index contributed by atoms with van der Waals surface area (Å²) >= 11 is 0. The standard InChI is InChI=1S/C12H22N2O3/c1-10(14-4-7-16-8-5-14)9-13-12(15)11-3-2-6-17-11/h10-11H,2-9H2,1H3,(H,13,15)/t10-,11-/m1/s1. The third-order valence-corrected chi connectivity index (χ3v) is 3.46. The molecule has 0 aliphatic carbocycles. The van der Waals surface area contributed by atoms with E-state index in [1.165, 1.54) is 0 Å². The zero-order chi connectivity index (χ0) is 12.1. The molecule has 0 spiro atoms. The minimum Gasteiger partial charge on any atom is -0.379 e. The van der Waals surface area contributed by atoms with E-state index in [9.17, 15) is 4.79 Å². The summed E-state index contributed by atoms with van der Waals surface area (Å²) in [6, 6.07) is 0.365. The van der Waals surface area contributed by atoms with E-state index in [0.29, 0.717) is 12.6 Å². The smallest absolute Gasteiger partial charge is 0.249 e. The second-order valence-electron chi connectivity index (χ2n) is 4.74. The number of carbonyl (C=O) groups is 1. The maximum atomic E-state index is 11.8. The first-order chi connectivity index (χ1) is 8.27. The summed E-state index contributed by atoms with van der Waals surface area (Å²) in [7, 11) is 0. The molecule has 2 rings (SSSR count). The van der Waals surface area contributed by atoms with Gasteiger partial charge in [-0.25, -0.2) is 0 Å². The summed E-state index contributed by atoms with van der Waals surface area (Å²) in [5.41, 5.74) is 0. The topological polar surface area (TPSA) is 50.8 Å². The molecule has 5 heteroatoms. The summed E-state index contributed by atoms with van der Waals surface area (Å²) in [6.45, 7) is 7.05. The van der Waals surface area contributed by atoms with E-state index in [0.717, 1.165) is 45.8 Å². The van der Waals surface area contributed by atoms with Crippen molar-refractivity contribution in [3.05, 3.63) is 0 Å². The molecule has 5 nitrogen and oxygen atoms in total. The van der Waals surface area contributed by atoms with Crippen LogP contribution in [0.15, 0.2) is 0 Å². The highest BCUT2D eigenvalue weighted by atomic mass is 16.5. The van der Waals surface area contributed by atoms with Crippen molar-refractivity contribution >= 4 is 5.91 Å². The molecule has 0 radical (unpaired) electrons. The predicted octanol–water partition coefficient (Wildman–Crippen LogP) is 0.00230. The molecule has 2 atom stereocenters. The predicted molar refractivity (Wildman–Crippen MR) is 63.8 cm³/mol. The molecule has 1 amide bonds. The van der Waals surface area contributed by atoms with E-state index in [1.807, 2.05) is 0 Å². The van der Waals surface area contributed by atoms with Crippen LogP contribution in [0.3, 0.4) is 0 Å². The van der Waals surface area contributed by atoms with Crippen LogP contribution in [0.5, 0.6) is 0 Å². The highest BCUT2D eigenvalue weighted by Crippen LogP contribution is 2.11. The van der Waals surface area contributed by atoms with E-state index in [4.69, 9.17) is 9.47 Å². The Morgan fingerprint density at radius 3 is 2.82 bits per heavy atom. The number of ether oxygens (including phenoxy) is 2. The molecule has 0 unspecified atom stereocenters. The molecule has 2 fully saturated rings. The van der Waals surface area contributed by atoms with Crippen LogP contribution in [0.2, 0.25) is 0 Å². The van der Waals surface area contributed by atoms with E-state index < -0.39 is 0 Å². The number of rotatable bonds is 4. The van der Waals surface area contributed by atoms with Gasteiger partial charge in [-0.3, -0.25) is 9.69 Å². The summed E-state index contributed by atoms with van der Waals surface area (Å²) in [4.78, 5) is 14.1. The van der Waals surface area contributed by atoms with Crippen LogP contribution >= 0.6 is 0 Å². The Labute approximate surface area is 102 Å². The molecular formula is C12H22N2O3. The molecular weight excluding hydrogens is 220 g/mol. The van der Waals surface area contributed by atoms with Gasteiger partial charge in [0.25, 0.3) is 0 Å². The Kier molecular flexibility index (Phi) is 4.76. The van der Waals surface area contributed by atoms with Gasteiger partial charge < -0.3 is 14.8 Å². The number of nitrogens with one attached hydrogen (secondary N) is 1. The van der Waals surface area contributed by atoms with Crippen LogP contribution in [-0.4, -0.2) is 62.4 Å². The van der Waals surface area contributed by atoms with Gasteiger partial charge >= 0.3 is 0 Å². The molecule has 2 saturated heterocycles. The van der Waals surface area contributed by atoms with Gasteiger partial charge in [-0.1, -0.05) is 0 Å². The van der Waals surface area contributed by atoms with Gasteiger partial charge in [0.1, 0.15) is 6.10 Å². The van der Waals surface area contributed by atoms with E-state index in [1.54, 1.807) is 0 Å². The van der Waals surface area contributed by atoms with Gasteiger partial charge in [-0.15, -0.1) is 0 Å². The van der Waals surface area contributed by atoms with Crippen molar-refractivity contribution in [3.8, 4) is 0 Å². The minimum atomic E-state index is -0.216. The van der Waals surface area contributed by atoms with Crippen molar-refractivity contribution in [2.75, 3.05) is 39.5 Å². The molecule has 0 bridgehead atoms. The van der Waals surface area contributed by atoms with E-state index >= 15 is 0 Å². The molecule has 2 heterocycles. The van der Waals surface area contributed by atoms with Crippen LogP contribution < -0.4 is 5.32 Å². The highest BCUT2D eigenvalue weighted by Gasteiger charge is 2.24. The zero-order valence-electron chi connectivity index (χ0n) is 10.5. The SMILES string of the molecule is C[C@H](CNC(=O)[C@H]1CCCO1)N1CCOCC1. The normalized spacial score (nSPS) is 27.9.